The van der Waals surface area contributed by atoms with Gasteiger partial charge < -0.3 is 12.4 Å². The number of hydrogen-bond donors (Lipinski definition) is 0. The van der Waals surface area contributed by atoms with E-state index in [1.54, 1.807) is 0 Å². The molecule has 26 heavy (non-hydrogen) atoms. The molecule has 0 amide bonds. The quantitative estimate of drug-likeness (QED) is 0.294. The average molecular weight is 382 g/mol. The first-order valence-electron chi connectivity index (χ1n) is 11.2. The molecule has 0 aromatic carbocycles. The summed E-state index contributed by atoms with van der Waals surface area (Å²) >= 11 is 0. The number of aryl methyl sites for hydroxylation is 3. The van der Waals surface area contributed by atoms with Crippen LogP contribution in [0.1, 0.15) is 114 Å². The fraction of sp³-hybridized carbons (Fsp3) is 0.792. The van der Waals surface area contributed by atoms with Crippen molar-refractivity contribution < 1.29 is 17.0 Å². The zero-order valence-electron chi connectivity index (χ0n) is 17.9. The maximum absolute atomic E-state index is 2.40. The highest BCUT2D eigenvalue weighted by Gasteiger charge is 2.05. The van der Waals surface area contributed by atoms with Crippen LogP contribution in [-0.2, 0) is 6.54 Å². The second-order valence-electron chi connectivity index (χ2n) is 7.99. The molecular formula is C24H44ClN. The van der Waals surface area contributed by atoms with Gasteiger partial charge >= 0.3 is 0 Å². The maximum atomic E-state index is 2.40. The molecule has 1 aromatic rings. The van der Waals surface area contributed by atoms with Gasteiger partial charge in [0, 0.05) is 25.5 Å². The Kier molecular flexibility index (Phi) is 17.4. The first-order valence-corrected chi connectivity index (χ1v) is 11.2. The molecule has 0 atom stereocenters. The topological polar surface area (TPSA) is 3.88 Å². The normalized spacial score (nSPS) is 10.7. The molecule has 0 saturated carbocycles. The first-order chi connectivity index (χ1) is 12.2. The van der Waals surface area contributed by atoms with E-state index in [1.165, 1.54) is 114 Å². The summed E-state index contributed by atoms with van der Waals surface area (Å²) in [7, 11) is 0. The zero-order chi connectivity index (χ0) is 18.2. The van der Waals surface area contributed by atoms with Gasteiger partial charge in [-0.15, -0.1) is 0 Å². The highest BCUT2D eigenvalue weighted by molar-refractivity contribution is 5.08. The van der Waals surface area contributed by atoms with Crippen molar-refractivity contribution in [1.29, 1.82) is 0 Å². The van der Waals surface area contributed by atoms with Gasteiger partial charge in [0.1, 0.15) is 6.54 Å². The van der Waals surface area contributed by atoms with Crippen molar-refractivity contribution in [3.05, 3.63) is 29.6 Å². The zero-order valence-corrected chi connectivity index (χ0v) is 18.6. The Labute approximate surface area is 170 Å². The summed E-state index contributed by atoms with van der Waals surface area (Å²) in [6.45, 7) is 7.87. The Morgan fingerprint density at radius 2 is 1.08 bits per heavy atom. The third kappa shape index (κ3) is 13.6. The second-order valence-corrected chi connectivity index (χ2v) is 7.99. The van der Waals surface area contributed by atoms with Gasteiger partial charge in [0.05, 0.1) is 0 Å². The third-order valence-corrected chi connectivity index (χ3v) is 5.41. The standard InChI is InChI=1S/C24H44N.ClH/c1-4-5-6-7-8-9-10-11-12-13-14-15-16-17-18-20-25-21-19-23(2)22-24(25)3;/h19,21-22H,4-18,20H2,1-3H3;1H/q+1;/p-1. The molecule has 1 nitrogen and oxygen atoms in total. The summed E-state index contributed by atoms with van der Waals surface area (Å²) in [5.74, 6) is 0. The molecule has 2 heteroatoms. The molecule has 0 unspecified atom stereocenters. The van der Waals surface area contributed by atoms with E-state index >= 15 is 0 Å². The van der Waals surface area contributed by atoms with E-state index < -0.39 is 0 Å². The SMILES string of the molecule is CCCCCCCCCCCCCCCCC[n+]1ccc(C)cc1C.[Cl-]. The molecule has 0 aliphatic carbocycles. The molecule has 0 bridgehead atoms. The lowest BCUT2D eigenvalue weighted by Crippen LogP contribution is -3.00. The molecule has 0 radical (unpaired) electrons. The molecule has 0 saturated heterocycles. The van der Waals surface area contributed by atoms with E-state index in [4.69, 9.17) is 0 Å². The number of unbranched alkanes of at least 4 members (excludes halogenated alkanes) is 14. The van der Waals surface area contributed by atoms with Crippen LogP contribution in [0.3, 0.4) is 0 Å². The summed E-state index contributed by atoms with van der Waals surface area (Å²) in [6.07, 6.45) is 23.8. The van der Waals surface area contributed by atoms with Crippen LogP contribution in [0.15, 0.2) is 18.3 Å². The summed E-state index contributed by atoms with van der Waals surface area (Å²) in [6, 6.07) is 4.50. The lowest BCUT2D eigenvalue weighted by atomic mass is 10.0. The van der Waals surface area contributed by atoms with Crippen LogP contribution in [0.4, 0.5) is 0 Å². The van der Waals surface area contributed by atoms with Gasteiger partial charge in [-0.1, -0.05) is 90.4 Å². The van der Waals surface area contributed by atoms with Crippen molar-refractivity contribution in [2.24, 2.45) is 0 Å². The van der Waals surface area contributed by atoms with E-state index in [-0.39, 0.29) is 12.4 Å². The Morgan fingerprint density at radius 3 is 1.50 bits per heavy atom. The van der Waals surface area contributed by atoms with E-state index in [1.807, 2.05) is 0 Å². The predicted molar refractivity (Wildman–Crippen MR) is 111 cm³/mol. The lowest BCUT2D eigenvalue weighted by molar-refractivity contribution is -0.703. The van der Waals surface area contributed by atoms with E-state index in [9.17, 15) is 0 Å². The van der Waals surface area contributed by atoms with Gasteiger partial charge in [0.25, 0.3) is 0 Å². The van der Waals surface area contributed by atoms with Crippen molar-refractivity contribution >= 4 is 0 Å². The molecule has 0 fully saturated rings. The number of pyridine rings is 1. The van der Waals surface area contributed by atoms with E-state index in [0.29, 0.717) is 0 Å². The van der Waals surface area contributed by atoms with Crippen LogP contribution in [0.5, 0.6) is 0 Å². The minimum atomic E-state index is 0. The average Bonchev–Trinajstić information content (AvgIpc) is 2.60. The van der Waals surface area contributed by atoms with Gasteiger partial charge in [0.15, 0.2) is 11.9 Å². The van der Waals surface area contributed by atoms with Crippen LogP contribution in [0.25, 0.3) is 0 Å². The Bertz CT molecular complexity index is 430. The van der Waals surface area contributed by atoms with Crippen molar-refractivity contribution in [3.63, 3.8) is 0 Å². The first kappa shape index (κ1) is 25.4. The largest absolute Gasteiger partial charge is 1.00 e. The molecule has 1 heterocycles. The fourth-order valence-corrected chi connectivity index (χ4v) is 3.69. The molecule has 1 rings (SSSR count). The highest BCUT2D eigenvalue weighted by Crippen LogP contribution is 2.13. The summed E-state index contributed by atoms with van der Waals surface area (Å²) < 4.78 is 2.40. The van der Waals surface area contributed by atoms with Crippen LogP contribution in [-0.4, -0.2) is 0 Å². The number of halogens is 1. The predicted octanol–water partition coefficient (Wildman–Crippen LogP) is 4.47. The highest BCUT2D eigenvalue weighted by atomic mass is 35.5. The van der Waals surface area contributed by atoms with Crippen LogP contribution in [0.2, 0.25) is 0 Å². The minimum Gasteiger partial charge on any atom is -1.00 e. The van der Waals surface area contributed by atoms with Crippen molar-refractivity contribution in [3.8, 4) is 0 Å². The Morgan fingerprint density at radius 1 is 0.654 bits per heavy atom. The smallest absolute Gasteiger partial charge is 0.178 e. The summed E-state index contributed by atoms with van der Waals surface area (Å²) in [4.78, 5) is 0. The van der Waals surface area contributed by atoms with E-state index in [2.05, 4.69) is 43.7 Å². The maximum Gasteiger partial charge on any atom is 0.178 e. The minimum absolute atomic E-state index is 0. The van der Waals surface area contributed by atoms with Gasteiger partial charge in [-0.05, 0) is 18.9 Å². The molecular weight excluding hydrogens is 338 g/mol. The van der Waals surface area contributed by atoms with Gasteiger partial charge in [0.2, 0.25) is 0 Å². The molecule has 1 aromatic heterocycles. The van der Waals surface area contributed by atoms with Gasteiger partial charge in [-0.3, -0.25) is 0 Å². The Balaban J connectivity index is 0.00000625. The number of nitrogens with zero attached hydrogens (tertiary/aromatic N) is 1. The molecule has 0 aliphatic heterocycles. The van der Waals surface area contributed by atoms with Crippen LogP contribution >= 0.6 is 0 Å². The lowest BCUT2D eigenvalue weighted by Gasteiger charge is -2.04. The number of rotatable bonds is 16. The molecule has 0 aliphatic rings. The third-order valence-electron chi connectivity index (χ3n) is 5.41. The van der Waals surface area contributed by atoms with Crippen molar-refractivity contribution in [2.75, 3.05) is 0 Å². The molecule has 0 N–H and O–H groups in total. The van der Waals surface area contributed by atoms with Crippen LogP contribution < -0.4 is 17.0 Å². The second kappa shape index (κ2) is 17.8. The van der Waals surface area contributed by atoms with Crippen molar-refractivity contribution in [1.82, 2.24) is 0 Å². The fourth-order valence-electron chi connectivity index (χ4n) is 3.69. The monoisotopic (exact) mass is 381 g/mol. The Hall–Kier alpha value is -0.560. The number of aromatic nitrogens is 1. The van der Waals surface area contributed by atoms with E-state index in [0.717, 1.165) is 0 Å². The van der Waals surface area contributed by atoms with Crippen molar-refractivity contribution in [2.45, 2.75) is 124 Å². The number of hydrogen-bond acceptors (Lipinski definition) is 0. The summed E-state index contributed by atoms with van der Waals surface area (Å²) in [5.41, 5.74) is 2.76. The molecule has 152 valence electrons. The van der Waals surface area contributed by atoms with Crippen LogP contribution in [0, 0.1) is 13.8 Å². The van der Waals surface area contributed by atoms with Gasteiger partial charge in [-0.25, -0.2) is 4.57 Å². The van der Waals surface area contributed by atoms with Gasteiger partial charge in [-0.2, -0.15) is 0 Å². The molecule has 0 spiro atoms. The summed E-state index contributed by atoms with van der Waals surface area (Å²) in [5, 5.41) is 0.